The lowest BCUT2D eigenvalue weighted by Crippen LogP contribution is -2.35. The topological polar surface area (TPSA) is 45.2 Å². The second-order valence-corrected chi connectivity index (χ2v) is 5.98. The quantitative estimate of drug-likeness (QED) is 0.778. The molecular weight excluding hydrogens is 337 g/mol. The molecule has 138 valence electrons. The summed E-state index contributed by atoms with van der Waals surface area (Å²) >= 11 is 0.146. The molecule has 6 heteroatoms. The van der Waals surface area contributed by atoms with Crippen molar-refractivity contribution in [1.29, 1.82) is 0 Å². The normalized spacial score (nSPS) is 10.5. The number of benzene rings is 1. The Morgan fingerprint density at radius 3 is 2.52 bits per heavy atom. The number of aromatic nitrogens is 1. The lowest BCUT2D eigenvalue weighted by atomic mass is 10.1. The zero-order chi connectivity index (χ0) is 18.8. The standard InChI is InChI=1S/C17H22FN3OS.C2H6/c1-4-21(5-2)9-8-19-17(22)15-11-16(23-18)13-10-12(3)6-7-14(13)20-15;1-2/h6-7,10-11H,4-5,8-9H2,1-3H3,(H,19,22);1-2H3. The molecule has 25 heavy (non-hydrogen) atoms. The highest BCUT2D eigenvalue weighted by molar-refractivity contribution is 7.94. The van der Waals surface area contributed by atoms with Crippen molar-refractivity contribution in [2.24, 2.45) is 0 Å². The number of halogens is 1. The van der Waals surface area contributed by atoms with Crippen molar-refractivity contribution < 1.29 is 8.68 Å². The van der Waals surface area contributed by atoms with E-state index in [1.165, 1.54) is 6.07 Å². The van der Waals surface area contributed by atoms with Gasteiger partial charge in [0.2, 0.25) is 0 Å². The second kappa shape index (κ2) is 11.1. The molecule has 2 aromatic rings. The van der Waals surface area contributed by atoms with Crippen LogP contribution < -0.4 is 5.32 Å². The van der Waals surface area contributed by atoms with Gasteiger partial charge in [0.05, 0.1) is 22.6 Å². The van der Waals surface area contributed by atoms with Gasteiger partial charge in [-0.3, -0.25) is 4.79 Å². The van der Waals surface area contributed by atoms with Crippen molar-refractivity contribution in [3.05, 3.63) is 35.5 Å². The number of aryl methyl sites for hydroxylation is 1. The van der Waals surface area contributed by atoms with Crippen LogP contribution in [0.5, 0.6) is 0 Å². The van der Waals surface area contributed by atoms with Crippen LogP contribution >= 0.6 is 12.1 Å². The van der Waals surface area contributed by atoms with Gasteiger partial charge in [0.1, 0.15) is 5.69 Å². The maximum atomic E-state index is 13.2. The van der Waals surface area contributed by atoms with Crippen LogP contribution in [-0.2, 0) is 0 Å². The smallest absolute Gasteiger partial charge is 0.269 e. The molecule has 1 aromatic carbocycles. The number of rotatable bonds is 7. The Morgan fingerprint density at radius 2 is 1.92 bits per heavy atom. The molecule has 0 bridgehead atoms. The molecule has 1 amide bonds. The van der Waals surface area contributed by atoms with E-state index in [-0.39, 0.29) is 23.7 Å². The summed E-state index contributed by atoms with van der Waals surface area (Å²) in [5.74, 6) is -0.269. The molecule has 0 unspecified atom stereocenters. The maximum absolute atomic E-state index is 13.2. The molecule has 0 saturated carbocycles. The lowest BCUT2D eigenvalue weighted by molar-refractivity contribution is 0.0944. The number of nitrogens with zero attached hydrogens (tertiary/aromatic N) is 2. The van der Waals surface area contributed by atoms with E-state index >= 15 is 0 Å². The summed E-state index contributed by atoms with van der Waals surface area (Å²) < 4.78 is 13.2. The van der Waals surface area contributed by atoms with Crippen LogP contribution in [0.2, 0.25) is 0 Å². The summed E-state index contributed by atoms with van der Waals surface area (Å²) in [6.45, 7) is 13.3. The van der Waals surface area contributed by atoms with Crippen molar-refractivity contribution in [2.45, 2.75) is 39.5 Å². The van der Waals surface area contributed by atoms with Crippen LogP contribution in [0, 0.1) is 6.92 Å². The fourth-order valence-electron chi connectivity index (χ4n) is 2.45. The Kier molecular flexibility index (Phi) is 9.45. The summed E-state index contributed by atoms with van der Waals surface area (Å²) in [5.41, 5.74) is 1.92. The van der Waals surface area contributed by atoms with Crippen molar-refractivity contribution in [2.75, 3.05) is 26.2 Å². The van der Waals surface area contributed by atoms with E-state index < -0.39 is 0 Å². The van der Waals surface area contributed by atoms with Gasteiger partial charge >= 0.3 is 0 Å². The summed E-state index contributed by atoms with van der Waals surface area (Å²) in [5, 5.41) is 3.58. The highest BCUT2D eigenvalue weighted by Gasteiger charge is 2.13. The van der Waals surface area contributed by atoms with Gasteiger partial charge in [-0.25, -0.2) is 4.98 Å². The van der Waals surface area contributed by atoms with Gasteiger partial charge < -0.3 is 10.2 Å². The first kappa shape index (κ1) is 21.4. The third kappa shape index (κ3) is 5.97. The van der Waals surface area contributed by atoms with E-state index in [1.54, 1.807) is 0 Å². The molecule has 0 radical (unpaired) electrons. The predicted molar refractivity (Wildman–Crippen MR) is 105 cm³/mol. The van der Waals surface area contributed by atoms with Crippen molar-refractivity contribution in [1.82, 2.24) is 15.2 Å². The summed E-state index contributed by atoms with van der Waals surface area (Å²) in [7, 11) is 0. The molecule has 0 aliphatic carbocycles. The second-order valence-electron chi connectivity index (χ2n) is 5.39. The Labute approximate surface area is 154 Å². The Bertz CT molecular complexity index is 690. The molecule has 0 saturated heterocycles. The van der Waals surface area contributed by atoms with Crippen molar-refractivity contribution in [3.8, 4) is 0 Å². The van der Waals surface area contributed by atoms with E-state index in [0.29, 0.717) is 17.0 Å². The summed E-state index contributed by atoms with van der Waals surface area (Å²) in [6, 6.07) is 7.12. The van der Waals surface area contributed by atoms with Gasteiger partial charge in [-0.1, -0.05) is 39.3 Å². The summed E-state index contributed by atoms with van der Waals surface area (Å²) in [4.78, 5) is 19.3. The van der Waals surface area contributed by atoms with E-state index in [9.17, 15) is 8.68 Å². The number of amides is 1. The van der Waals surface area contributed by atoms with Crippen molar-refractivity contribution >= 4 is 29.0 Å². The third-order valence-electron chi connectivity index (χ3n) is 3.85. The van der Waals surface area contributed by atoms with Crippen LogP contribution in [0.3, 0.4) is 0 Å². The van der Waals surface area contributed by atoms with Gasteiger partial charge in [-0.05, 0) is 38.2 Å². The first-order valence-corrected chi connectivity index (χ1v) is 9.51. The number of likely N-dealkylation sites (N-methyl/N-ethyl adjacent to an activating group) is 1. The molecular formula is C19H28FN3OS. The number of hydrogen-bond acceptors (Lipinski definition) is 4. The zero-order valence-electron chi connectivity index (χ0n) is 15.7. The van der Waals surface area contributed by atoms with E-state index in [4.69, 9.17) is 0 Å². The fraction of sp³-hybridized carbons (Fsp3) is 0.474. The molecule has 0 fully saturated rings. The van der Waals surface area contributed by atoms with Gasteiger partial charge in [0, 0.05) is 18.5 Å². The Morgan fingerprint density at radius 1 is 1.24 bits per heavy atom. The molecule has 0 spiro atoms. The SMILES string of the molecule is CC.CCN(CC)CCNC(=O)c1cc(SF)c2cc(C)ccc2n1. The predicted octanol–water partition coefficient (Wildman–Crippen LogP) is 4.62. The average molecular weight is 366 g/mol. The van der Waals surface area contributed by atoms with E-state index in [2.05, 4.69) is 29.0 Å². The number of fused-ring (bicyclic) bond motifs is 1. The molecule has 1 heterocycles. The summed E-state index contributed by atoms with van der Waals surface area (Å²) in [6.07, 6.45) is 0. The lowest BCUT2D eigenvalue weighted by Gasteiger charge is -2.17. The molecule has 0 aliphatic heterocycles. The highest BCUT2D eigenvalue weighted by Crippen LogP contribution is 2.29. The van der Waals surface area contributed by atoms with Crippen molar-refractivity contribution in [3.63, 3.8) is 0 Å². The van der Waals surface area contributed by atoms with Gasteiger partial charge in [0.15, 0.2) is 0 Å². The fourth-order valence-corrected chi connectivity index (χ4v) is 2.85. The van der Waals surface area contributed by atoms with Crippen LogP contribution in [0.25, 0.3) is 10.9 Å². The third-order valence-corrected chi connectivity index (χ3v) is 4.35. The molecule has 0 aliphatic rings. The zero-order valence-corrected chi connectivity index (χ0v) is 16.5. The van der Waals surface area contributed by atoms with Crippen LogP contribution in [0.15, 0.2) is 29.2 Å². The van der Waals surface area contributed by atoms with Gasteiger partial charge in [-0.2, -0.15) is 3.89 Å². The average Bonchev–Trinajstić information content (AvgIpc) is 2.65. The molecule has 2 rings (SSSR count). The molecule has 0 atom stereocenters. The number of pyridine rings is 1. The number of carbonyl (C=O) groups is 1. The molecule has 4 nitrogen and oxygen atoms in total. The minimum atomic E-state index is -0.269. The van der Waals surface area contributed by atoms with E-state index in [0.717, 1.165) is 30.6 Å². The number of nitrogens with one attached hydrogen (secondary N) is 1. The van der Waals surface area contributed by atoms with Crippen LogP contribution in [-0.4, -0.2) is 42.0 Å². The van der Waals surface area contributed by atoms with E-state index in [1.807, 2.05) is 39.0 Å². The first-order chi connectivity index (χ1) is 12.1. The minimum Gasteiger partial charge on any atom is -0.349 e. The Hall–Kier alpha value is -1.66. The number of carbonyl (C=O) groups excluding carboxylic acids is 1. The Balaban J connectivity index is 0.00000151. The molecule has 1 N–H and O–H groups in total. The maximum Gasteiger partial charge on any atom is 0.269 e. The van der Waals surface area contributed by atoms with Crippen LogP contribution in [0.4, 0.5) is 3.89 Å². The molecule has 1 aromatic heterocycles. The largest absolute Gasteiger partial charge is 0.349 e. The van der Waals surface area contributed by atoms with Crippen LogP contribution in [0.1, 0.15) is 43.7 Å². The minimum absolute atomic E-state index is 0.146. The monoisotopic (exact) mass is 365 g/mol. The van der Waals surface area contributed by atoms with Gasteiger partial charge in [0.25, 0.3) is 5.91 Å². The first-order valence-electron chi connectivity index (χ1n) is 8.79. The number of hydrogen-bond donors (Lipinski definition) is 1. The van der Waals surface area contributed by atoms with Gasteiger partial charge in [-0.15, -0.1) is 0 Å². The highest BCUT2D eigenvalue weighted by atomic mass is 32.2.